The number of esters is 1. The van der Waals surface area contributed by atoms with E-state index in [0.717, 1.165) is 12.8 Å². The number of ether oxygens (including phenoxy) is 1. The first-order valence-electron chi connectivity index (χ1n) is 5.99. The first-order valence-corrected chi connectivity index (χ1v) is 5.99. The van der Waals surface area contributed by atoms with E-state index < -0.39 is 5.41 Å². The highest BCUT2D eigenvalue weighted by molar-refractivity contribution is 5.87. The van der Waals surface area contributed by atoms with Gasteiger partial charge < -0.3 is 9.72 Å². The smallest absolute Gasteiger partial charge is 0.319 e. The van der Waals surface area contributed by atoms with E-state index in [4.69, 9.17) is 4.74 Å². The molecule has 2 aromatic rings. The topological polar surface area (TPSA) is 55.0 Å². The number of rotatable bonds is 3. The van der Waals surface area contributed by atoms with Gasteiger partial charge in [0.15, 0.2) is 0 Å². The molecule has 4 nitrogen and oxygen atoms in total. The summed E-state index contributed by atoms with van der Waals surface area (Å²) < 4.78 is 18.2. The van der Waals surface area contributed by atoms with Crippen molar-refractivity contribution in [3.63, 3.8) is 0 Å². The molecule has 0 amide bonds. The zero-order valence-corrected chi connectivity index (χ0v) is 10.00. The van der Waals surface area contributed by atoms with Gasteiger partial charge in [-0.05, 0) is 38.0 Å². The van der Waals surface area contributed by atoms with E-state index in [1.165, 1.54) is 12.1 Å². The molecule has 1 saturated carbocycles. The maximum absolute atomic E-state index is 13.1. The van der Waals surface area contributed by atoms with Crippen LogP contribution < -0.4 is 0 Å². The summed E-state index contributed by atoms with van der Waals surface area (Å²) in [5.74, 6) is 0.0183. The lowest BCUT2D eigenvalue weighted by molar-refractivity contribution is -0.146. The van der Waals surface area contributed by atoms with Crippen molar-refractivity contribution < 1.29 is 13.9 Å². The van der Waals surface area contributed by atoms with Gasteiger partial charge in [-0.3, -0.25) is 4.79 Å². The van der Waals surface area contributed by atoms with Gasteiger partial charge in [-0.15, -0.1) is 0 Å². The van der Waals surface area contributed by atoms with Gasteiger partial charge in [-0.2, -0.15) is 0 Å². The predicted octanol–water partition coefficient (Wildman–Crippen LogP) is 2.30. The third-order valence-electron chi connectivity index (χ3n) is 3.31. The average Bonchev–Trinajstić information content (AvgIpc) is 3.05. The Labute approximate surface area is 103 Å². The molecule has 1 aromatic carbocycles. The molecule has 0 unspecified atom stereocenters. The number of imidazole rings is 1. The molecular weight excluding hydrogens is 235 g/mol. The van der Waals surface area contributed by atoms with Gasteiger partial charge in [0, 0.05) is 0 Å². The lowest BCUT2D eigenvalue weighted by Gasteiger charge is -2.10. The summed E-state index contributed by atoms with van der Waals surface area (Å²) in [4.78, 5) is 19.3. The molecule has 0 aliphatic heterocycles. The number of nitrogens with zero attached hydrogens (tertiary/aromatic N) is 1. The Morgan fingerprint density at radius 2 is 2.33 bits per heavy atom. The minimum Gasteiger partial charge on any atom is -0.465 e. The summed E-state index contributed by atoms with van der Waals surface area (Å²) in [5.41, 5.74) is 0.647. The highest BCUT2D eigenvalue weighted by Crippen LogP contribution is 2.48. The molecule has 0 bridgehead atoms. The van der Waals surface area contributed by atoms with Gasteiger partial charge in [0.2, 0.25) is 0 Å². The number of aromatic nitrogens is 2. The summed E-state index contributed by atoms with van der Waals surface area (Å²) in [6.07, 6.45) is 1.46. The van der Waals surface area contributed by atoms with Crippen molar-refractivity contribution in [1.82, 2.24) is 9.97 Å². The SMILES string of the molecule is CCOC(=O)C1(c2nc3ccc(F)cc3[nH]2)CC1. The van der Waals surface area contributed by atoms with Crippen LogP contribution in [-0.4, -0.2) is 22.5 Å². The normalized spacial score (nSPS) is 16.8. The number of H-pyrrole nitrogens is 1. The Balaban J connectivity index is 2.02. The fourth-order valence-corrected chi connectivity index (χ4v) is 2.14. The Kier molecular flexibility index (Phi) is 2.36. The van der Waals surface area contributed by atoms with Crippen LogP contribution in [0.2, 0.25) is 0 Å². The standard InChI is InChI=1S/C13H13FN2O2/c1-2-18-12(17)13(5-6-13)11-15-9-4-3-8(14)7-10(9)16-11/h3-4,7H,2,5-6H2,1H3,(H,15,16). The Morgan fingerprint density at radius 3 is 3.00 bits per heavy atom. The van der Waals surface area contributed by atoms with Crippen molar-refractivity contribution >= 4 is 17.0 Å². The number of halogens is 1. The second-order valence-electron chi connectivity index (χ2n) is 4.55. The van der Waals surface area contributed by atoms with Crippen LogP contribution in [0.1, 0.15) is 25.6 Å². The fraction of sp³-hybridized carbons (Fsp3) is 0.385. The van der Waals surface area contributed by atoms with Gasteiger partial charge in [0.05, 0.1) is 17.6 Å². The first-order chi connectivity index (χ1) is 8.65. The monoisotopic (exact) mass is 248 g/mol. The van der Waals surface area contributed by atoms with Gasteiger partial charge in [-0.25, -0.2) is 9.37 Å². The van der Waals surface area contributed by atoms with E-state index in [-0.39, 0.29) is 11.8 Å². The molecule has 1 aliphatic rings. The number of benzene rings is 1. The van der Waals surface area contributed by atoms with Crippen LogP contribution >= 0.6 is 0 Å². The van der Waals surface area contributed by atoms with E-state index in [1.807, 2.05) is 0 Å². The third-order valence-corrected chi connectivity index (χ3v) is 3.31. The number of carbonyl (C=O) groups excluding carboxylic acids is 1. The summed E-state index contributed by atoms with van der Waals surface area (Å²) >= 11 is 0. The molecule has 1 heterocycles. The molecule has 3 rings (SSSR count). The number of carbonyl (C=O) groups is 1. The maximum Gasteiger partial charge on any atom is 0.319 e. The molecule has 1 aromatic heterocycles. The number of nitrogens with one attached hydrogen (secondary N) is 1. The van der Waals surface area contributed by atoms with Crippen LogP contribution in [0.15, 0.2) is 18.2 Å². The van der Waals surface area contributed by atoms with Crippen LogP contribution in [-0.2, 0) is 14.9 Å². The Hall–Kier alpha value is -1.91. The van der Waals surface area contributed by atoms with E-state index in [2.05, 4.69) is 9.97 Å². The van der Waals surface area contributed by atoms with E-state index >= 15 is 0 Å². The quantitative estimate of drug-likeness (QED) is 0.848. The molecule has 1 fully saturated rings. The Morgan fingerprint density at radius 1 is 1.56 bits per heavy atom. The molecule has 18 heavy (non-hydrogen) atoms. The zero-order chi connectivity index (χ0) is 12.8. The molecule has 1 N–H and O–H groups in total. The van der Waals surface area contributed by atoms with Gasteiger partial charge >= 0.3 is 5.97 Å². The largest absolute Gasteiger partial charge is 0.465 e. The first kappa shape index (κ1) is 11.2. The van der Waals surface area contributed by atoms with Crippen LogP contribution in [0, 0.1) is 5.82 Å². The zero-order valence-electron chi connectivity index (χ0n) is 10.00. The molecule has 94 valence electrons. The molecule has 1 aliphatic carbocycles. The van der Waals surface area contributed by atoms with Crippen molar-refractivity contribution in [2.75, 3.05) is 6.61 Å². The second-order valence-corrected chi connectivity index (χ2v) is 4.55. The average molecular weight is 248 g/mol. The van der Waals surface area contributed by atoms with Gasteiger partial charge in [0.1, 0.15) is 17.1 Å². The van der Waals surface area contributed by atoms with Gasteiger partial charge in [0.25, 0.3) is 0 Å². The summed E-state index contributed by atoms with van der Waals surface area (Å²) in [6, 6.07) is 4.34. The lowest BCUT2D eigenvalue weighted by Crippen LogP contribution is -2.24. The summed E-state index contributed by atoms with van der Waals surface area (Å²) in [6.45, 7) is 2.14. The van der Waals surface area contributed by atoms with E-state index in [1.54, 1.807) is 13.0 Å². The van der Waals surface area contributed by atoms with Crippen LogP contribution in [0.25, 0.3) is 11.0 Å². The number of fused-ring (bicyclic) bond motifs is 1. The van der Waals surface area contributed by atoms with Crippen molar-refractivity contribution in [3.05, 3.63) is 29.8 Å². The summed E-state index contributed by atoms with van der Waals surface area (Å²) in [7, 11) is 0. The molecule has 0 atom stereocenters. The highest BCUT2D eigenvalue weighted by Gasteiger charge is 2.55. The lowest BCUT2D eigenvalue weighted by atomic mass is 10.1. The highest BCUT2D eigenvalue weighted by atomic mass is 19.1. The minimum absolute atomic E-state index is 0.246. The van der Waals surface area contributed by atoms with Crippen LogP contribution in [0.5, 0.6) is 0 Å². The van der Waals surface area contributed by atoms with Gasteiger partial charge in [-0.1, -0.05) is 0 Å². The molecule has 5 heteroatoms. The number of hydrogen-bond donors (Lipinski definition) is 1. The Bertz CT molecular complexity index is 616. The third kappa shape index (κ3) is 1.58. The second kappa shape index (κ2) is 3.80. The fourth-order valence-electron chi connectivity index (χ4n) is 2.14. The predicted molar refractivity (Wildman–Crippen MR) is 63.6 cm³/mol. The van der Waals surface area contributed by atoms with Crippen LogP contribution in [0.4, 0.5) is 4.39 Å². The van der Waals surface area contributed by atoms with E-state index in [0.29, 0.717) is 23.5 Å². The summed E-state index contributed by atoms with van der Waals surface area (Å²) in [5, 5.41) is 0. The maximum atomic E-state index is 13.1. The molecular formula is C13H13FN2O2. The van der Waals surface area contributed by atoms with Crippen LogP contribution in [0.3, 0.4) is 0 Å². The molecule has 0 spiro atoms. The number of hydrogen-bond acceptors (Lipinski definition) is 3. The van der Waals surface area contributed by atoms with Crippen molar-refractivity contribution in [2.24, 2.45) is 0 Å². The van der Waals surface area contributed by atoms with E-state index in [9.17, 15) is 9.18 Å². The van der Waals surface area contributed by atoms with Crippen molar-refractivity contribution in [2.45, 2.75) is 25.2 Å². The van der Waals surface area contributed by atoms with Crippen molar-refractivity contribution in [1.29, 1.82) is 0 Å². The molecule has 0 saturated heterocycles. The molecule has 0 radical (unpaired) electrons. The van der Waals surface area contributed by atoms with Crippen molar-refractivity contribution in [3.8, 4) is 0 Å². The number of aromatic amines is 1. The minimum atomic E-state index is -0.633.